The van der Waals surface area contributed by atoms with E-state index in [0.717, 1.165) is 200 Å². The van der Waals surface area contributed by atoms with Crippen molar-refractivity contribution in [2.24, 2.45) is 0 Å². The number of esters is 9. The second kappa shape index (κ2) is 39.7. The highest BCUT2D eigenvalue weighted by atomic mass is 17.1. The highest BCUT2D eigenvalue weighted by Crippen LogP contribution is 2.40. The predicted octanol–water partition coefficient (Wildman–Crippen LogP) is 13.8. The molecule has 0 saturated carbocycles. The van der Waals surface area contributed by atoms with Crippen LogP contribution in [0, 0.1) is 0 Å². The van der Waals surface area contributed by atoms with Gasteiger partial charge >= 0.3 is 53.7 Å². The Kier molecular flexibility index (Phi) is 27.3. The quantitative estimate of drug-likeness (QED) is 0.0109. The zero-order valence-corrected chi connectivity index (χ0v) is 68.0. The molecule has 0 fully saturated rings. The van der Waals surface area contributed by atoms with Gasteiger partial charge in [-0.05, 0) is 192 Å². The van der Waals surface area contributed by atoms with Crippen LogP contribution in [0.1, 0.15) is 133 Å². The van der Waals surface area contributed by atoms with Crippen LogP contribution >= 0.6 is 0 Å². The van der Waals surface area contributed by atoms with Crippen molar-refractivity contribution in [1.29, 1.82) is 0 Å². The van der Waals surface area contributed by atoms with Crippen molar-refractivity contribution < 1.29 is 188 Å². The van der Waals surface area contributed by atoms with Crippen molar-refractivity contribution in [3.63, 3.8) is 0 Å². The van der Waals surface area contributed by atoms with Gasteiger partial charge in [-0.15, -0.1) is 0 Å². The van der Waals surface area contributed by atoms with Crippen molar-refractivity contribution in [1.82, 2.24) is 0 Å². The number of benzene rings is 14. The van der Waals surface area contributed by atoms with Crippen molar-refractivity contribution >= 4 is 53.7 Å². The molecule has 1 atom stereocenters. The maximum atomic E-state index is 13.7. The molecule has 0 saturated heterocycles. The van der Waals surface area contributed by atoms with E-state index in [2.05, 4.69) is 0 Å². The molecule has 14 aromatic rings. The average molecular weight is 1830 g/mol. The molecular weight excluding hydrogens is 1760 g/mol. The van der Waals surface area contributed by atoms with Crippen LogP contribution in [0.25, 0.3) is 0 Å². The van der Waals surface area contributed by atoms with Crippen LogP contribution in [0.5, 0.6) is 155 Å². The van der Waals surface area contributed by atoms with Crippen LogP contribution in [0.4, 0.5) is 0 Å². The molecular formula is C96H66O38. The van der Waals surface area contributed by atoms with E-state index in [1.54, 1.807) is 6.07 Å². The van der Waals surface area contributed by atoms with E-state index in [4.69, 9.17) is 47.5 Å². The molecule has 0 aliphatic rings. The number of phenolic OH excluding ortho intramolecular Hbond substituents is 18. The Morgan fingerprint density at radius 1 is 0.164 bits per heavy atom. The Hall–Kier alpha value is -19.4. The van der Waals surface area contributed by atoms with Gasteiger partial charge in [-0.3, -0.25) is 5.26 Å². The summed E-state index contributed by atoms with van der Waals surface area (Å²) >= 11 is 0. The summed E-state index contributed by atoms with van der Waals surface area (Å²) in [5.74, 6) is -21.5. The molecule has 0 aromatic heterocycles. The third-order valence-corrected chi connectivity index (χ3v) is 18.4. The van der Waals surface area contributed by atoms with Gasteiger partial charge in [0.15, 0.2) is 0 Å². The van der Waals surface area contributed by atoms with Gasteiger partial charge in [0.2, 0.25) is 0 Å². The van der Waals surface area contributed by atoms with E-state index in [1.807, 2.05) is 0 Å². The maximum Gasteiger partial charge on any atom is 0.343 e. The van der Waals surface area contributed by atoms with E-state index in [9.17, 15) is 140 Å². The van der Waals surface area contributed by atoms with E-state index in [0.29, 0.717) is 0 Å². The van der Waals surface area contributed by atoms with Gasteiger partial charge in [0.25, 0.3) is 0 Å². The maximum absolute atomic E-state index is 13.7. The van der Waals surface area contributed by atoms with Gasteiger partial charge in [0.1, 0.15) is 161 Å². The number of hydrogen-bond acceptors (Lipinski definition) is 38. The van der Waals surface area contributed by atoms with E-state index < -0.39 is 175 Å². The summed E-state index contributed by atoms with van der Waals surface area (Å²) in [6.07, 6.45) is -2.23. The number of ether oxygens (including phenoxy) is 9. The molecule has 38 nitrogen and oxygen atoms in total. The number of carbonyl (C=O) groups excluding carboxylic acids is 9. The molecule has 134 heavy (non-hydrogen) atoms. The highest BCUT2D eigenvalue weighted by Gasteiger charge is 2.28. The van der Waals surface area contributed by atoms with Crippen LogP contribution < -0.4 is 42.6 Å². The fourth-order valence-corrected chi connectivity index (χ4v) is 13.1. The first-order valence-electron chi connectivity index (χ1n) is 38.4. The zero-order valence-electron chi connectivity index (χ0n) is 68.0. The Labute approximate surface area is 750 Å². The van der Waals surface area contributed by atoms with Gasteiger partial charge < -0.3 is 135 Å². The fraction of sp³-hybridized carbons (Fsp3) is 0.0312. The van der Waals surface area contributed by atoms with Crippen LogP contribution in [0.2, 0.25) is 0 Å². The molecule has 14 aromatic carbocycles. The third kappa shape index (κ3) is 24.6. The lowest BCUT2D eigenvalue weighted by atomic mass is 9.92. The number of phenols is 18. The zero-order chi connectivity index (χ0) is 96.2. The summed E-state index contributed by atoms with van der Waals surface area (Å²) in [7, 11) is 0. The van der Waals surface area contributed by atoms with Crippen molar-refractivity contribution in [2.45, 2.75) is 18.9 Å². The number of hydrogen-bond donors (Lipinski definition) is 19. The summed E-state index contributed by atoms with van der Waals surface area (Å²) in [5.41, 5.74) is -1.98. The number of carbonyl (C=O) groups is 9. The molecule has 1 unspecified atom stereocenters. The summed E-state index contributed by atoms with van der Waals surface area (Å²) in [6.45, 7) is 0. The molecule has 38 heteroatoms. The lowest BCUT2D eigenvalue weighted by Gasteiger charge is -2.20. The van der Waals surface area contributed by atoms with Crippen LogP contribution in [0.3, 0.4) is 0 Å². The van der Waals surface area contributed by atoms with Crippen LogP contribution in [-0.2, 0) is 17.7 Å². The first-order valence-corrected chi connectivity index (χ1v) is 38.4. The Balaban J connectivity index is 0.000000324. The largest absolute Gasteiger partial charge is 0.508 e. The predicted molar refractivity (Wildman–Crippen MR) is 456 cm³/mol. The standard InChI is InChI=1S/C69H48O26.C27H18O12/c70-45-10-39(11-46(71)24-45)64(82)89-57-6-35(7-58(30-57)90-65(83)40-12-47(72)25-48(73)13-40)2-33-1-34(3-36-8-59(91-66(84)41-14-49(74)26-50(75)15-41)31-60(9-36)92-67(85)42-16-51(76)27-52(77)17-42)5-37(4-33)63(95-88)38-22-61(93-68(86)43-18-53(78)28-54(79)19-43)32-62(23-38)94-69(87)44-20-55(80)29-56(81)21-44;28-16-1-13(2-17(29)7-16)25(34)37-22-10-23(38-26(35)14-3-18(30)8-19(31)4-14)12-24(11-22)39-27(36)15-5-20(32)9-21(33)6-15/h1,4-32,63,70-81,88H,2-3H2;1-12,28-33H. The Morgan fingerprint density at radius 3 is 0.440 bits per heavy atom. The van der Waals surface area contributed by atoms with Gasteiger partial charge in [0.05, 0.1) is 50.1 Å². The van der Waals surface area contributed by atoms with Crippen LogP contribution in [0.15, 0.2) is 255 Å². The van der Waals surface area contributed by atoms with Crippen LogP contribution in [-0.4, -0.2) is 151 Å². The topological polar surface area (TPSA) is 630 Å². The summed E-state index contributed by atoms with van der Waals surface area (Å²) in [5, 5.41) is 191. The minimum absolute atomic E-state index is 0.0137. The van der Waals surface area contributed by atoms with E-state index >= 15 is 0 Å². The lowest BCUT2D eigenvalue weighted by molar-refractivity contribution is -0.270. The SMILES string of the molecule is O=C(Oc1cc(Cc2cc(Cc3cc(OC(=O)c4cc(O)cc(O)c4)cc(OC(=O)c4cc(O)cc(O)c4)c3)cc(C(OO)c3cc(OC(=O)c4cc(O)cc(O)c4)cc(OC(=O)c4cc(O)cc(O)c4)c3)c2)cc(OC(=O)c2cc(O)cc(O)c2)c1)c1cc(O)cc(O)c1.O=C(Oc1cc(OC(=O)c2cc(O)cc(O)c2)cc(OC(=O)c2cc(O)cc(O)c2)c1)c1cc(O)cc(O)c1. The molecule has 0 radical (unpaired) electrons. The molecule has 0 aliphatic heterocycles. The molecule has 14 rings (SSSR count). The number of rotatable bonds is 25. The number of aromatic hydroxyl groups is 18. The second-order valence-electron chi connectivity index (χ2n) is 29.1. The molecule has 0 spiro atoms. The smallest absolute Gasteiger partial charge is 0.343 e. The molecule has 0 heterocycles. The Morgan fingerprint density at radius 2 is 0.291 bits per heavy atom. The van der Waals surface area contributed by atoms with Gasteiger partial charge in [-0.25, -0.2) is 48.0 Å². The third-order valence-electron chi connectivity index (χ3n) is 18.4. The molecule has 0 bridgehead atoms. The van der Waals surface area contributed by atoms with Crippen molar-refractivity contribution in [3.8, 4) is 155 Å². The molecule has 678 valence electrons. The summed E-state index contributed by atoms with van der Waals surface area (Å²) in [4.78, 5) is 125. The minimum atomic E-state index is -1.72. The lowest BCUT2D eigenvalue weighted by Crippen LogP contribution is -2.13. The average Bonchev–Trinajstić information content (AvgIpc) is 0.791. The summed E-state index contributed by atoms with van der Waals surface area (Å²) in [6, 6.07) is 45.4. The fourth-order valence-electron chi connectivity index (χ4n) is 13.1. The normalized spacial score (nSPS) is 11.0. The van der Waals surface area contributed by atoms with E-state index in [1.165, 1.54) is 48.5 Å². The molecule has 0 aliphatic carbocycles. The minimum Gasteiger partial charge on any atom is -0.508 e. The monoisotopic (exact) mass is 1830 g/mol. The second-order valence-corrected chi connectivity index (χ2v) is 29.1. The first kappa shape index (κ1) is 92.3. The van der Waals surface area contributed by atoms with Crippen molar-refractivity contribution in [3.05, 3.63) is 338 Å². The van der Waals surface area contributed by atoms with E-state index in [-0.39, 0.29) is 137 Å². The summed E-state index contributed by atoms with van der Waals surface area (Å²) < 4.78 is 49.8. The van der Waals surface area contributed by atoms with Gasteiger partial charge in [-0.2, -0.15) is 0 Å². The van der Waals surface area contributed by atoms with Gasteiger partial charge in [-0.1, -0.05) is 18.2 Å². The first-order chi connectivity index (χ1) is 63.6. The Bertz CT molecular complexity index is 6220. The molecule has 0 amide bonds. The highest BCUT2D eigenvalue weighted by molar-refractivity contribution is 5.98. The van der Waals surface area contributed by atoms with Gasteiger partial charge in [0, 0.05) is 91.0 Å². The van der Waals surface area contributed by atoms with Crippen molar-refractivity contribution in [2.75, 3.05) is 0 Å². The molecule has 19 N–H and O–H groups in total.